The maximum atomic E-state index is 13.1. The average Bonchev–Trinajstić information content (AvgIpc) is 2.29. The number of rotatable bonds is 2. The number of benzene rings is 2. The molecular formula is C14H12F2O. The van der Waals surface area contributed by atoms with Crippen LogP contribution in [0.25, 0.3) is 0 Å². The van der Waals surface area contributed by atoms with E-state index in [1.54, 1.807) is 19.1 Å². The van der Waals surface area contributed by atoms with E-state index in [2.05, 4.69) is 0 Å². The minimum atomic E-state index is -0.905. The molecule has 0 heterocycles. The standard InChI is InChI=1S/C14H12F2O/c1-9-3-5-11(6-4-9)17-14-8-13(16)12(15)7-10(14)2/h3-8H,1-2H3. The fourth-order valence-corrected chi connectivity index (χ4v) is 1.47. The molecule has 0 unspecified atom stereocenters. The Morgan fingerprint density at radius 2 is 1.47 bits per heavy atom. The molecule has 3 heteroatoms. The quantitative estimate of drug-likeness (QED) is 0.749. The van der Waals surface area contributed by atoms with E-state index >= 15 is 0 Å². The molecule has 0 aliphatic rings. The van der Waals surface area contributed by atoms with E-state index < -0.39 is 11.6 Å². The second-order valence-corrected chi connectivity index (χ2v) is 3.95. The number of aryl methyl sites for hydroxylation is 2. The molecule has 0 N–H and O–H groups in total. The van der Waals surface area contributed by atoms with E-state index in [9.17, 15) is 8.78 Å². The molecule has 2 aromatic carbocycles. The highest BCUT2D eigenvalue weighted by atomic mass is 19.2. The van der Waals surface area contributed by atoms with Crippen LogP contribution in [0.4, 0.5) is 8.78 Å². The van der Waals surface area contributed by atoms with Crippen LogP contribution in [-0.4, -0.2) is 0 Å². The van der Waals surface area contributed by atoms with Crippen LogP contribution in [0.3, 0.4) is 0 Å². The van der Waals surface area contributed by atoms with Gasteiger partial charge in [0.25, 0.3) is 0 Å². The molecule has 0 aliphatic carbocycles. The number of ether oxygens (including phenoxy) is 1. The van der Waals surface area contributed by atoms with Crippen LogP contribution in [0.2, 0.25) is 0 Å². The lowest BCUT2D eigenvalue weighted by molar-refractivity contribution is 0.457. The SMILES string of the molecule is Cc1ccc(Oc2cc(F)c(F)cc2C)cc1. The molecule has 0 spiro atoms. The third-order valence-electron chi connectivity index (χ3n) is 2.47. The second kappa shape index (κ2) is 4.53. The van der Waals surface area contributed by atoms with E-state index in [1.807, 2.05) is 19.1 Å². The van der Waals surface area contributed by atoms with Crippen molar-refractivity contribution < 1.29 is 13.5 Å². The summed E-state index contributed by atoms with van der Waals surface area (Å²) in [6.45, 7) is 3.64. The molecule has 0 amide bonds. The van der Waals surface area contributed by atoms with Crippen molar-refractivity contribution in [3.63, 3.8) is 0 Å². The van der Waals surface area contributed by atoms with Crippen LogP contribution in [0.1, 0.15) is 11.1 Å². The van der Waals surface area contributed by atoms with Crippen molar-refractivity contribution in [2.45, 2.75) is 13.8 Å². The normalized spacial score (nSPS) is 10.4. The molecule has 0 saturated heterocycles. The summed E-state index contributed by atoms with van der Waals surface area (Å²) in [4.78, 5) is 0. The van der Waals surface area contributed by atoms with Gasteiger partial charge in [-0.15, -0.1) is 0 Å². The van der Waals surface area contributed by atoms with E-state index in [0.29, 0.717) is 17.1 Å². The van der Waals surface area contributed by atoms with Gasteiger partial charge in [0.05, 0.1) is 0 Å². The van der Waals surface area contributed by atoms with Crippen molar-refractivity contribution in [1.82, 2.24) is 0 Å². The Balaban J connectivity index is 2.30. The molecule has 88 valence electrons. The number of hydrogen-bond donors (Lipinski definition) is 0. The lowest BCUT2D eigenvalue weighted by Gasteiger charge is -2.09. The fraction of sp³-hybridized carbons (Fsp3) is 0.143. The predicted octanol–water partition coefficient (Wildman–Crippen LogP) is 4.37. The lowest BCUT2D eigenvalue weighted by atomic mass is 10.2. The van der Waals surface area contributed by atoms with Gasteiger partial charge in [-0.3, -0.25) is 0 Å². The molecule has 0 radical (unpaired) electrons. The summed E-state index contributed by atoms with van der Waals surface area (Å²) in [6.07, 6.45) is 0. The highest BCUT2D eigenvalue weighted by Gasteiger charge is 2.08. The van der Waals surface area contributed by atoms with Crippen molar-refractivity contribution >= 4 is 0 Å². The Hall–Kier alpha value is -1.90. The van der Waals surface area contributed by atoms with Gasteiger partial charge in [-0.1, -0.05) is 17.7 Å². The molecule has 0 aromatic heterocycles. The van der Waals surface area contributed by atoms with E-state index in [4.69, 9.17) is 4.74 Å². The zero-order chi connectivity index (χ0) is 12.4. The van der Waals surface area contributed by atoms with Gasteiger partial charge < -0.3 is 4.74 Å². The number of halogens is 2. The van der Waals surface area contributed by atoms with Crippen LogP contribution in [0.15, 0.2) is 36.4 Å². The first-order valence-corrected chi connectivity index (χ1v) is 5.26. The monoisotopic (exact) mass is 234 g/mol. The highest BCUT2D eigenvalue weighted by molar-refractivity contribution is 5.38. The van der Waals surface area contributed by atoms with Gasteiger partial charge in [0.1, 0.15) is 11.5 Å². The molecule has 2 aromatic rings. The Morgan fingerprint density at radius 3 is 2.12 bits per heavy atom. The average molecular weight is 234 g/mol. The van der Waals surface area contributed by atoms with Gasteiger partial charge in [0.2, 0.25) is 0 Å². The predicted molar refractivity (Wildman–Crippen MR) is 62.3 cm³/mol. The lowest BCUT2D eigenvalue weighted by Crippen LogP contribution is -1.92. The van der Waals surface area contributed by atoms with Gasteiger partial charge in [-0.25, -0.2) is 8.78 Å². The molecule has 0 fully saturated rings. The Labute approximate surface area is 98.7 Å². The first-order chi connectivity index (χ1) is 8.06. The maximum Gasteiger partial charge on any atom is 0.162 e. The summed E-state index contributed by atoms with van der Waals surface area (Å²) in [5.41, 5.74) is 1.67. The molecule has 0 aliphatic heterocycles. The topological polar surface area (TPSA) is 9.23 Å². The van der Waals surface area contributed by atoms with Crippen molar-refractivity contribution in [3.8, 4) is 11.5 Å². The van der Waals surface area contributed by atoms with Crippen LogP contribution in [0.5, 0.6) is 11.5 Å². The Morgan fingerprint density at radius 1 is 0.882 bits per heavy atom. The van der Waals surface area contributed by atoms with Gasteiger partial charge >= 0.3 is 0 Å². The summed E-state index contributed by atoms with van der Waals surface area (Å²) in [6, 6.07) is 9.55. The van der Waals surface area contributed by atoms with Crippen molar-refractivity contribution in [2.75, 3.05) is 0 Å². The maximum absolute atomic E-state index is 13.1. The molecule has 1 nitrogen and oxygen atoms in total. The van der Waals surface area contributed by atoms with Crippen molar-refractivity contribution in [1.29, 1.82) is 0 Å². The molecule has 0 atom stereocenters. The van der Waals surface area contributed by atoms with Gasteiger partial charge in [-0.2, -0.15) is 0 Å². The van der Waals surface area contributed by atoms with Crippen molar-refractivity contribution in [3.05, 3.63) is 59.2 Å². The minimum Gasteiger partial charge on any atom is -0.457 e. The van der Waals surface area contributed by atoms with Crippen LogP contribution in [0, 0.1) is 25.5 Å². The van der Waals surface area contributed by atoms with Crippen molar-refractivity contribution in [2.24, 2.45) is 0 Å². The van der Waals surface area contributed by atoms with Gasteiger partial charge in [0, 0.05) is 6.07 Å². The highest BCUT2D eigenvalue weighted by Crippen LogP contribution is 2.27. The molecule has 17 heavy (non-hydrogen) atoms. The summed E-state index contributed by atoms with van der Waals surface area (Å²) < 4.78 is 31.5. The summed E-state index contributed by atoms with van der Waals surface area (Å²) in [7, 11) is 0. The zero-order valence-electron chi connectivity index (χ0n) is 9.63. The van der Waals surface area contributed by atoms with E-state index in [1.165, 1.54) is 0 Å². The molecule has 2 rings (SSSR count). The largest absolute Gasteiger partial charge is 0.457 e. The van der Waals surface area contributed by atoms with E-state index in [0.717, 1.165) is 17.7 Å². The third kappa shape index (κ3) is 2.61. The van der Waals surface area contributed by atoms with E-state index in [-0.39, 0.29) is 0 Å². The van der Waals surface area contributed by atoms with Crippen LogP contribution < -0.4 is 4.74 Å². The minimum absolute atomic E-state index is 0.327. The van der Waals surface area contributed by atoms with Gasteiger partial charge in [-0.05, 0) is 37.6 Å². The third-order valence-corrected chi connectivity index (χ3v) is 2.47. The smallest absolute Gasteiger partial charge is 0.162 e. The van der Waals surface area contributed by atoms with Crippen LogP contribution >= 0.6 is 0 Å². The zero-order valence-corrected chi connectivity index (χ0v) is 9.63. The summed E-state index contributed by atoms with van der Waals surface area (Å²) in [5.74, 6) is -0.839. The summed E-state index contributed by atoms with van der Waals surface area (Å²) >= 11 is 0. The first-order valence-electron chi connectivity index (χ1n) is 5.26. The Kier molecular flexibility index (Phi) is 3.09. The summed E-state index contributed by atoms with van der Waals surface area (Å²) in [5, 5.41) is 0. The number of hydrogen-bond acceptors (Lipinski definition) is 1. The van der Waals surface area contributed by atoms with Crippen LogP contribution in [-0.2, 0) is 0 Å². The molecular weight excluding hydrogens is 222 g/mol. The van der Waals surface area contributed by atoms with Gasteiger partial charge in [0.15, 0.2) is 11.6 Å². The second-order valence-electron chi connectivity index (χ2n) is 3.95. The first kappa shape index (κ1) is 11.6. The fourth-order valence-electron chi connectivity index (χ4n) is 1.47. The Bertz CT molecular complexity index is 533. The molecule has 0 bridgehead atoms. The molecule has 0 saturated carbocycles.